The minimum atomic E-state index is -0.0365. The molecule has 5 nitrogen and oxygen atoms in total. The zero-order valence-electron chi connectivity index (χ0n) is 84.7. The molecule has 5 aliphatic heterocycles. The van der Waals surface area contributed by atoms with E-state index in [1.54, 1.807) is 0 Å². The Labute approximate surface area is 808 Å². The maximum absolute atomic E-state index is 2.45. The Morgan fingerprint density at radius 2 is 0.331 bits per heavy atom. The van der Waals surface area contributed by atoms with Gasteiger partial charge in [-0.2, -0.15) is 0 Å². The fourth-order valence-electron chi connectivity index (χ4n) is 24.3. The number of para-hydroxylation sites is 1. The Balaban J connectivity index is 0.000000105. The van der Waals surface area contributed by atoms with Gasteiger partial charge in [-0.05, 0) is 180 Å². The van der Waals surface area contributed by atoms with Crippen molar-refractivity contribution in [1.29, 1.82) is 0 Å². The summed E-state index contributed by atoms with van der Waals surface area (Å²) in [6, 6.07) is 130. The first kappa shape index (κ1) is 90.3. The van der Waals surface area contributed by atoms with E-state index >= 15 is 0 Å². The molecule has 136 heavy (non-hydrogen) atoms. The zero-order valence-corrected chi connectivity index (χ0v) is 84.7. The number of benzene rings is 19. The molecule has 0 aromatic heterocycles. The first-order valence-electron chi connectivity index (χ1n) is 49.2. The summed E-state index contributed by atoms with van der Waals surface area (Å²) in [7, 11) is 11.1. The number of nitrogens with zero attached hydrogens (tertiary/aromatic N) is 5. The molecule has 5 aliphatic rings. The number of hydrogen-bond donors (Lipinski definition) is 0. The van der Waals surface area contributed by atoms with Crippen LogP contribution < -0.4 is 24.5 Å². The van der Waals surface area contributed by atoms with Crippen LogP contribution in [0.25, 0.3) is 97.0 Å². The fourth-order valence-corrected chi connectivity index (χ4v) is 24.3. The summed E-state index contributed by atoms with van der Waals surface area (Å²) >= 11 is 0. The van der Waals surface area contributed by atoms with Crippen LogP contribution in [0.5, 0.6) is 0 Å². The van der Waals surface area contributed by atoms with E-state index in [-0.39, 0.29) is 54.1 Å². The van der Waals surface area contributed by atoms with Crippen LogP contribution in [0.1, 0.15) is 194 Å². The molecule has 19 aromatic carbocycles. The van der Waals surface area contributed by atoms with Gasteiger partial charge in [0.2, 0.25) is 0 Å². The summed E-state index contributed by atoms with van der Waals surface area (Å²) in [6.45, 7) is 48.1. The van der Waals surface area contributed by atoms with Crippen molar-refractivity contribution in [3.8, 4) is 0 Å². The molecular weight excluding hydrogens is 1640 g/mol. The van der Waals surface area contributed by atoms with Crippen LogP contribution in [-0.4, -0.2) is 35.2 Å². The SMILES string of the molecule is CN1c2c(ccc3ccccc23)C(C)(C)C(C)(C)c2ccc3ccccc3c21.CN1c2cc3ccccc3cc2C(C)(C)C(C)(C)c2c1ccc1ccccc21.CN1c2cc3ccccc3cc2C(C)(C)C(C)(C)c2ccc3ccccc3c21.CN1c2ccc3ccccc3c2C(C)(C)C(C)(C)c2ccc3ccccc3c21.CN1c2ccccc2C(C)(C)C(C)(C)c2c1ccc1ccccc21. The van der Waals surface area contributed by atoms with Gasteiger partial charge in [0, 0.05) is 145 Å². The van der Waals surface area contributed by atoms with Gasteiger partial charge in [0.15, 0.2) is 0 Å². The van der Waals surface area contributed by atoms with Gasteiger partial charge in [-0.25, -0.2) is 0 Å². The van der Waals surface area contributed by atoms with Gasteiger partial charge in [0.05, 0.1) is 22.7 Å². The van der Waals surface area contributed by atoms with E-state index in [1.165, 1.54) is 209 Å². The smallest absolute Gasteiger partial charge is 0.0526 e. The first-order valence-corrected chi connectivity index (χ1v) is 49.2. The summed E-state index contributed by atoms with van der Waals surface area (Å²) in [5, 5.41) is 23.8. The quantitative estimate of drug-likeness (QED) is 0.150. The molecule has 0 unspecified atom stereocenters. The summed E-state index contributed by atoms with van der Waals surface area (Å²) in [6.07, 6.45) is 0. The lowest BCUT2D eigenvalue weighted by Gasteiger charge is -2.42. The average Bonchev–Trinajstić information content (AvgIpc) is 1.55. The van der Waals surface area contributed by atoms with E-state index in [4.69, 9.17) is 0 Å². The maximum atomic E-state index is 2.45. The topological polar surface area (TPSA) is 16.2 Å². The molecule has 0 spiro atoms. The molecule has 0 fully saturated rings. The van der Waals surface area contributed by atoms with E-state index in [1.807, 2.05) is 0 Å². The van der Waals surface area contributed by atoms with Gasteiger partial charge >= 0.3 is 0 Å². The van der Waals surface area contributed by atoms with Crippen molar-refractivity contribution in [3.05, 3.63) is 407 Å². The molecule has 0 bridgehead atoms. The van der Waals surface area contributed by atoms with Crippen molar-refractivity contribution in [2.24, 2.45) is 0 Å². The summed E-state index contributed by atoms with van der Waals surface area (Å²) in [5.41, 5.74) is 27.3. The van der Waals surface area contributed by atoms with Crippen LogP contribution in [0.3, 0.4) is 0 Å². The number of fused-ring (bicyclic) bond motifs is 26. The Morgan fingerprint density at radius 3 is 0.654 bits per heavy atom. The molecule has 0 saturated carbocycles. The van der Waals surface area contributed by atoms with Crippen molar-refractivity contribution in [3.63, 3.8) is 0 Å². The van der Waals surface area contributed by atoms with Crippen molar-refractivity contribution in [2.45, 2.75) is 193 Å². The molecule has 5 heteroatoms. The van der Waals surface area contributed by atoms with Crippen molar-refractivity contribution in [1.82, 2.24) is 0 Å². The highest BCUT2D eigenvalue weighted by molar-refractivity contribution is 6.08. The molecule has 19 aromatic rings. The highest BCUT2D eigenvalue weighted by atomic mass is 15.1. The molecular formula is C131H133N5. The second-order valence-corrected chi connectivity index (χ2v) is 44.8. The summed E-state index contributed by atoms with van der Waals surface area (Å²) in [4.78, 5) is 12.1. The molecule has 0 amide bonds. The minimum absolute atomic E-state index is 0.00403. The van der Waals surface area contributed by atoms with E-state index in [0.717, 1.165) is 0 Å². The molecule has 5 heterocycles. The zero-order chi connectivity index (χ0) is 95.8. The lowest BCUT2D eigenvalue weighted by Crippen LogP contribution is -2.39. The Bertz CT molecular complexity index is 7820. The second kappa shape index (κ2) is 32.4. The lowest BCUT2D eigenvalue weighted by atomic mass is 9.60. The fraction of sp³-hybridized carbons (Fsp3) is 0.267. The standard InChI is InChI=1S/4C27H27N.C23H25N/c1-26(2)22-16-14-19-11-7-9-13-21(19)25(22)28(5)23-17-15-18-10-6-8-12-20(18)24(23)27(26,3)4;1-26(2)22-16-14-18-10-6-8-12-20(18)24(22)28(5)25-21-13-9-7-11-19(21)15-17-23(25)27(26,3)4;1-26(2)22-16-19-11-6-7-12-20(19)17-24(22)28(5)23-15-14-18-10-8-9-13-21(18)25(23)27(26,3)4;1-26(2)22-15-14-18-10-8-9-13-21(18)25(22)28(5)24-17-20-12-7-6-11-19(20)16-23(24)27(26,3)4;1-22(2)18-12-8-9-13-19(18)24(5)20-15-14-16-10-6-7-11-17(16)21(20)23(22,3)4/h4*6-17H,1-5H3;6-15H,1-5H3. The normalized spacial score (nSPS) is 17.4. The van der Waals surface area contributed by atoms with E-state index < -0.39 is 0 Å². The molecule has 682 valence electrons. The van der Waals surface area contributed by atoms with Gasteiger partial charge in [-0.3, -0.25) is 0 Å². The van der Waals surface area contributed by atoms with Gasteiger partial charge in [-0.1, -0.05) is 442 Å². The molecule has 0 atom stereocenters. The molecule has 0 N–H and O–H groups in total. The largest absolute Gasteiger partial charge is 0.344 e. The van der Waals surface area contributed by atoms with Gasteiger partial charge in [0.1, 0.15) is 0 Å². The van der Waals surface area contributed by atoms with E-state index in [2.05, 4.69) is 550 Å². The molecule has 0 radical (unpaired) electrons. The lowest BCUT2D eigenvalue weighted by molar-refractivity contribution is 0.307. The monoisotopic (exact) mass is 1780 g/mol. The van der Waals surface area contributed by atoms with Crippen LogP contribution in [0.2, 0.25) is 0 Å². The van der Waals surface area contributed by atoms with Gasteiger partial charge in [-0.15, -0.1) is 0 Å². The number of rotatable bonds is 0. The highest BCUT2D eigenvalue weighted by Gasteiger charge is 2.52. The average molecular weight is 1780 g/mol. The Hall–Kier alpha value is -13.5. The highest BCUT2D eigenvalue weighted by Crippen LogP contribution is 2.63. The van der Waals surface area contributed by atoms with Crippen molar-refractivity contribution in [2.75, 3.05) is 59.7 Å². The van der Waals surface area contributed by atoms with Crippen LogP contribution in [0.15, 0.2) is 352 Å². The third-order valence-corrected chi connectivity index (χ3v) is 35.9. The van der Waals surface area contributed by atoms with Gasteiger partial charge in [0.25, 0.3) is 0 Å². The van der Waals surface area contributed by atoms with Crippen LogP contribution in [-0.2, 0) is 54.1 Å². The minimum Gasteiger partial charge on any atom is -0.344 e. The van der Waals surface area contributed by atoms with E-state index in [9.17, 15) is 0 Å². The maximum Gasteiger partial charge on any atom is 0.0526 e. The predicted octanol–water partition coefficient (Wildman–Crippen LogP) is 35.5. The van der Waals surface area contributed by atoms with Crippen LogP contribution in [0, 0.1) is 0 Å². The summed E-state index contributed by atoms with van der Waals surface area (Å²) in [5.74, 6) is 0. The van der Waals surface area contributed by atoms with E-state index in [0.29, 0.717) is 0 Å². The molecule has 0 saturated heterocycles. The predicted molar refractivity (Wildman–Crippen MR) is 593 cm³/mol. The van der Waals surface area contributed by atoms with Crippen LogP contribution in [0.4, 0.5) is 56.9 Å². The van der Waals surface area contributed by atoms with Crippen molar-refractivity contribution < 1.29 is 0 Å². The van der Waals surface area contributed by atoms with Gasteiger partial charge < -0.3 is 24.5 Å². The Kier molecular flexibility index (Phi) is 21.5. The van der Waals surface area contributed by atoms with Crippen LogP contribution >= 0.6 is 0 Å². The molecule has 24 rings (SSSR count). The summed E-state index contributed by atoms with van der Waals surface area (Å²) < 4.78 is 0. The number of anilines is 10. The molecule has 0 aliphatic carbocycles. The third kappa shape index (κ3) is 13.5. The Morgan fingerprint density at radius 1 is 0.132 bits per heavy atom. The number of hydrogen-bond acceptors (Lipinski definition) is 5. The second-order valence-electron chi connectivity index (χ2n) is 44.8. The first-order chi connectivity index (χ1) is 64.7. The third-order valence-electron chi connectivity index (χ3n) is 35.9. The van der Waals surface area contributed by atoms with Crippen molar-refractivity contribution >= 4 is 154 Å².